The van der Waals surface area contributed by atoms with Gasteiger partial charge in [-0.3, -0.25) is 9.20 Å². The highest BCUT2D eigenvalue weighted by Crippen LogP contribution is 2.16. The Balaban J connectivity index is 2.14. The summed E-state index contributed by atoms with van der Waals surface area (Å²) in [6.45, 7) is 6.79. The van der Waals surface area contributed by atoms with E-state index < -0.39 is 0 Å². The Morgan fingerprint density at radius 3 is 2.50 bits per heavy atom. The number of nitrogens with zero attached hydrogens (tertiary/aromatic N) is 3. The summed E-state index contributed by atoms with van der Waals surface area (Å²) in [5.41, 5.74) is 4.50. The van der Waals surface area contributed by atoms with Gasteiger partial charge in [0.05, 0.1) is 6.54 Å². The molecule has 102 valence electrons. The van der Waals surface area contributed by atoms with Crippen LogP contribution in [0.25, 0.3) is 5.78 Å². The van der Waals surface area contributed by atoms with Crippen LogP contribution in [0.1, 0.15) is 22.4 Å². The Kier molecular flexibility index (Phi) is 2.93. The van der Waals surface area contributed by atoms with Crippen LogP contribution >= 0.6 is 0 Å². The summed E-state index contributed by atoms with van der Waals surface area (Å²) in [4.78, 5) is 16.4. The van der Waals surface area contributed by atoms with Crippen LogP contribution in [-0.4, -0.2) is 14.0 Å². The maximum atomic E-state index is 11.9. The molecule has 2 aromatic heterocycles. The highest BCUT2D eigenvalue weighted by atomic mass is 16.1. The number of benzene rings is 1. The number of rotatable bonds is 2. The van der Waals surface area contributed by atoms with Gasteiger partial charge in [-0.15, -0.1) is 0 Å². The first-order chi connectivity index (χ1) is 9.56. The zero-order valence-electron chi connectivity index (χ0n) is 11.9. The van der Waals surface area contributed by atoms with E-state index >= 15 is 0 Å². The van der Waals surface area contributed by atoms with Crippen molar-refractivity contribution in [3.05, 3.63) is 69.4 Å². The van der Waals surface area contributed by atoms with Crippen molar-refractivity contribution in [2.45, 2.75) is 27.3 Å². The van der Waals surface area contributed by atoms with Crippen molar-refractivity contribution in [1.29, 1.82) is 0 Å². The van der Waals surface area contributed by atoms with Gasteiger partial charge >= 0.3 is 0 Å². The fraction of sp³-hybridized carbons (Fsp3) is 0.250. The molecule has 0 radical (unpaired) electrons. The van der Waals surface area contributed by atoms with Gasteiger partial charge in [0.15, 0.2) is 0 Å². The minimum absolute atomic E-state index is 0.0345. The lowest BCUT2D eigenvalue weighted by molar-refractivity contribution is 0.796. The number of aromatic nitrogens is 3. The van der Waals surface area contributed by atoms with Crippen LogP contribution in [0.2, 0.25) is 0 Å². The van der Waals surface area contributed by atoms with Gasteiger partial charge in [0.2, 0.25) is 5.78 Å². The summed E-state index contributed by atoms with van der Waals surface area (Å²) in [6, 6.07) is 7.84. The molecule has 0 saturated carbocycles. The highest BCUT2D eigenvalue weighted by Gasteiger charge is 2.08. The zero-order chi connectivity index (χ0) is 14.3. The zero-order valence-corrected chi connectivity index (χ0v) is 11.9. The quantitative estimate of drug-likeness (QED) is 0.715. The molecule has 0 N–H and O–H groups in total. The number of hydrogen-bond acceptors (Lipinski definition) is 2. The van der Waals surface area contributed by atoms with Crippen molar-refractivity contribution in [2.75, 3.05) is 0 Å². The predicted octanol–water partition coefficient (Wildman–Crippen LogP) is 2.47. The minimum atomic E-state index is -0.0345. The Morgan fingerprint density at radius 1 is 1.10 bits per heavy atom. The molecule has 0 bridgehead atoms. The van der Waals surface area contributed by atoms with Crippen molar-refractivity contribution >= 4 is 5.78 Å². The topological polar surface area (TPSA) is 39.3 Å². The fourth-order valence-corrected chi connectivity index (χ4v) is 2.54. The molecule has 4 heteroatoms. The van der Waals surface area contributed by atoms with Crippen LogP contribution in [0.3, 0.4) is 0 Å². The Bertz CT molecular complexity index is 822. The summed E-state index contributed by atoms with van der Waals surface area (Å²) in [5, 5.41) is 0. The molecule has 0 fully saturated rings. The first-order valence-electron chi connectivity index (χ1n) is 6.66. The third-order valence-corrected chi connectivity index (χ3v) is 3.69. The summed E-state index contributed by atoms with van der Waals surface area (Å²) < 4.78 is 3.60. The van der Waals surface area contributed by atoms with Gasteiger partial charge in [-0.1, -0.05) is 18.2 Å². The SMILES string of the molecule is Cc1cc(=O)n2ccn(Cc3c(C)cccc3C)c2n1. The lowest BCUT2D eigenvalue weighted by atomic mass is 10.0. The third kappa shape index (κ3) is 2.03. The molecular formula is C16H17N3O. The second-order valence-corrected chi connectivity index (χ2v) is 5.20. The smallest absolute Gasteiger partial charge is 0.259 e. The maximum Gasteiger partial charge on any atom is 0.259 e. The fourth-order valence-electron chi connectivity index (χ4n) is 2.54. The lowest BCUT2D eigenvalue weighted by Gasteiger charge is -2.11. The van der Waals surface area contributed by atoms with E-state index in [0.29, 0.717) is 5.78 Å². The maximum absolute atomic E-state index is 11.9. The van der Waals surface area contributed by atoms with Gasteiger partial charge in [0, 0.05) is 24.2 Å². The molecule has 0 aliphatic rings. The van der Waals surface area contributed by atoms with Gasteiger partial charge in [-0.05, 0) is 37.5 Å². The largest absolute Gasteiger partial charge is 0.312 e. The molecule has 3 rings (SSSR count). The van der Waals surface area contributed by atoms with E-state index in [1.807, 2.05) is 17.7 Å². The molecule has 3 aromatic rings. The van der Waals surface area contributed by atoms with Crippen LogP contribution in [0.5, 0.6) is 0 Å². The van der Waals surface area contributed by atoms with E-state index in [9.17, 15) is 4.79 Å². The van der Waals surface area contributed by atoms with E-state index in [1.165, 1.54) is 16.7 Å². The average Bonchev–Trinajstić information content (AvgIpc) is 2.77. The Labute approximate surface area is 117 Å². The molecule has 0 aliphatic heterocycles. The van der Waals surface area contributed by atoms with Gasteiger partial charge < -0.3 is 4.57 Å². The molecule has 0 atom stereocenters. The van der Waals surface area contributed by atoms with E-state index in [0.717, 1.165) is 12.2 Å². The minimum Gasteiger partial charge on any atom is -0.312 e. The molecule has 4 nitrogen and oxygen atoms in total. The first-order valence-corrected chi connectivity index (χ1v) is 6.66. The van der Waals surface area contributed by atoms with Gasteiger partial charge in [0.25, 0.3) is 5.56 Å². The van der Waals surface area contributed by atoms with Crippen molar-refractivity contribution in [2.24, 2.45) is 0 Å². The number of fused-ring (bicyclic) bond motifs is 1. The first kappa shape index (κ1) is 12.7. The normalized spacial score (nSPS) is 11.2. The number of hydrogen-bond donors (Lipinski definition) is 0. The monoisotopic (exact) mass is 267 g/mol. The van der Waals surface area contributed by atoms with Crippen molar-refractivity contribution in [1.82, 2.24) is 14.0 Å². The van der Waals surface area contributed by atoms with Gasteiger partial charge in [-0.2, -0.15) is 0 Å². The second-order valence-electron chi connectivity index (χ2n) is 5.20. The van der Waals surface area contributed by atoms with E-state index in [-0.39, 0.29) is 5.56 Å². The van der Waals surface area contributed by atoms with Crippen molar-refractivity contribution in [3.63, 3.8) is 0 Å². The molecule has 0 unspecified atom stereocenters. The van der Waals surface area contributed by atoms with Crippen LogP contribution in [0.4, 0.5) is 0 Å². The standard InChI is InChI=1S/C16H17N3O/c1-11-5-4-6-12(2)14(11)10-18-7-8-19-15(20)9-13(3)17-16(18)19/h4-9H,10H2,1-3H3. The number of imidazole rings is 1. The second kappa shape index (κ2) is 4.63. The summed E-state index contributed by atoms with van der Waals surface area (Å²) in [6.07, 6.45) is 3.69. The van der Waals surface area contributed by atoms with Crippen LogP contribution in [0.15, 0.2) is 41.5 Å². The Morgan fingerprint density at radius 2 is 1.80 bits per heavy atom. The van der Waals surface area contributed by atoms with Crippen molar-refractivity contribution in [3.8, 4) is 0 Å². The van der Waals surface area contributed by atoms with Crippen LogP contribution in [-0.2, 0) is 6.54 Å². The van der Waals surface area contributed by atoms with Crippen LogP contribution < -0.4 is 5.56 Å². The number of aryl methyl sites for hydroxylation is 3. The molecule has 0 spiro atoms. The van der Waals surface area contributed by atoms with E-state index in [1.54, 1.807) is 16.7 Å². The highest BCUT2D eigenvalue weighted by molar-refractivity contribution is 5.37. The lowest BCUT2D eigenvalue weighted by Crippen LogP contribution is -2.14. The molecule has 0 amide bonds. The molecular weight excluding hydrogens is 250 g/mol. The van der Waals surface area contributed by atoms with Crippen molar-refractivity contribution < 1.29 is 0 Å². The molecule has 20 heavy (non-hydrogen) atoms. The molecule has 1 aromatic carbocycles. The summed E-state index contributed by atoms with van der Waals surface area (Å²) in [7, 11) is 0. The average molecular weight is 267 g/mol. The molecule has 2 heterocycles. The Hall–Kier alpha value is -2.36. The summed E-state index contributed by atoms with van der Waals surface area (Å²) >= 11 is 0. The molecule has 0 saturated heterocycles. The van der Waals surface area contributed by atoms with E-state index in [2.05, 4.69) is 37.0 Å². The predicted molar refractivity (Wildman–Crippen MR) is 79.2 cm³/mol. The van der Waals surface area contributed by atoms with Crippen LogP contribution in [0, 0.1) is 20.8 Å². The summed E-state index contributed by atoms with van der Waals surface area (Å²) in [5.74, 6) is 0.692. The van der Waals surface area contributed by atoms with E-state index in [4.69, 9.17) is 0 Å². The molecule has 0 aliphatic carbocycles. The van der Waals surface area contributed by atoms with Gasteiger partial charge in [0.1, 0.15) is 0 Å². The third-order valence-electron chi connectivity index (χ3n) is 3.69. The van der Waals surface area contributed by atoms with Gasteiger partial charge in [-0.25, -0.2) is 4.98 Å².